The third kappa shape index (κ3) is 2.89. The van der Waals surface area contributed by atoms with Crippen LogP contribution in [-0.2, 0) is 5.41 Å². The molecule has 0 aliphatic carbocycles. The van der Waals surface area contributed by atoms with Gasteiger partial charge in [0.2, 0.25) is 0 Å². The molecule has 1 nitrogen and oxygen atoms in total. The summed E-state index contributed by atoms with van der Waals surface area (Å²) in [5.74, 6) is 0.570. The van der Waals surface area contributed by atoms with Gasteiger partial charge in [-0.1, -0.05) is 45.0 Å². The maximum Gasteiger partial charge on any atom is 0.166 e. The molecule has 94 valence electrons. The molecular weight excluding hydrogens is 227 g/mol. The Morgan fingerprint density at radius 2 is 1.61 bits per heavy atom. The summed E-state index contributed by atoms with van der Waals surface area (Å²) >= 11 is 0. The summed E-state index contributed by atoms with van der Waals surface area (Å²) in [6.07, 6.45) is 0. The fourth-order valence-corrected chi connectivity index (χ4v) is 1.67. The van der Waals surface area contributed by atoms with Crippen molar-refractivity contribution in [3.8, 4) is 11.5 Å². The second-order valence-corrected chi connectivity index (χ2v) is 5.31. The van der Waals surface area contributed by atoms with E-state index in [0.717, 1.165) is 5.56 Å². The summed E-state index contributed by atoms with van der Waals surface area (Å²) in [7, 11) is 0. The van der Waals surface area contributed by atoms with E-state index in [0.29, 0.717) is 5.75 Å². The molecule has 2 heteroatoms. The van der Waals surface area contributed by atoms with Crippen LogP contribution in [0.15, 0.2) is 48.5 Å². The van der Waals surface area contributed by atoms with Crippen LogP contribution in [0.3, 0.4) is 0 Å². The van der Waals surface area contributed by atoms with Gasteiger partial charge in [-0.05, 0) is 35.2 Å². The SMILES string of the molecule is CC(C)(C)c1ccc(Oc2ccccc2)c(F)c1. The molecule has 0 heterocycles. The van der Waals surface area contributed by atoms with Gasteiger partial charge in [-0.25, -0.2) is 4.39 Å². The van der Waals surface area contributed by atoms with E-state index in [4.69, 9.17) is 4.74 Å². The summed E-state index contributed by atoms with van der Waals surface area (Å²) in [6.45, 7) is 6.17. The highest BCUT2D eigenvalue weighted by atomic mass is 19.1. The number of para-hydroxylation sites is 1. The van der Waals surface area contributed by atoms with Gasteiger partial charge in [0.25, 0.3) is 0 Å². The van der Waals surface area contributed by atoms with Gasteiger partial charge in [0.15, 0.2) is 11.6 Å². The van der Waals surface area contributed by atoms with E-state index >= 15 is 0 Å². The van der Waals surface area contributed by atoms with Crippen LogP contribution in [0.5, 0.6) is 11.5 Å². The van der Waals surface area contributed by atoms with Gasteiger partial charge >= 0.3 is 0 Å². The average Bonchev–Trinajstić information content (AvgIpc) is 2.32. The Morgan fingerprint density at radius 3 is 2.17 bits per heavy atom. The van der Waals surface area contributed by atoms with E-state index in [2.05, 4.69) is 20.8 Å². The van der Waals surface area contributed by atoms with Gasteiger partial charge in [0, 0.05) is 0 Å². The lowest BCUT2D eigenvalue weighted by molar-refractivity contribution is 0.439. The first-order chi connectivity index (χ1) is 8.47. The maximum absolute atomic E-state index is 13.9. The fraction of sp³-hybridized carbons (Fsp3) is 0.250. The molecule has 0 aromatic heterocycles. The summed E-state index contributed by atoms with van der Waals surface area (Å²) in [4.78, 5) is 0. The van der Waals surface area contributed by atoms with Gasteiger partial charge in [0.1, 0.15) is 5.75 Å². The van der Waals surface area contributed by atoms with Crippen molar-refractivity contribution in [3.63, 3.8) is 0 Å². The molecule has 0 atom stereocenters. The number of halogens is 1. The molecule has 0 fully saturated rings. The highest BCUT2D eigenvalue weighted by molar-refractivity contribution is 5.36. The molecule has 0 spiro atoms. The Labute approximate surface area is 107 Å². The quantitative estimate of drug-likeness (QED) is 0.729. The van der Waals surface area contributed by atoms with Gasteiger partial charge in [-0.3, -0.25) is 0 Å². The van der Waals surface area contributed by atoms with Gasteiger partial charge in [-0.15, -0.1) is 0 Å². The zero-order valence-electron chi connectivity index (χ0n) is 10.9. The molecule has 0 saturated heterocycles. The molecule has 2 aromatic rings. The van der Waals surface area contributed by atoms with Crippen LogP contribution in [0.25, 0.3) is 0 Å². The Morgan fingerprint density at radius 1 is 0.944 bits per heavy atom. The fourth-order valence-electron chi connectivity index (χ4n) is 1.67. The molecule has 18 heavy (non-hydrogen) atoms. The minimum atomic E-state index is -0.328. The molecule has 0 bridgehead atoms. The Kier molecular flexibility index (Phi) is 3.37. The lowest BCUT2D eigenvalue weighted by Crippen LogP contribution is -2.11. The van der Waals surface area contributed by atoms with Crippen LogP contribution in [0.1, 0.15) is 26.3 Å². The molecule has 0 aliphatic heterocycles. The number of benzene rings is 2. The number of hydrogen-bond donors (Lipinski definition) is 0. The van der Waals surface area contributed by atoms with E-state index in [-0.39, 0.29) is 17.0 Å². The highest BCUT2D eigenvalue weighted by Gasteiger charge is 2.16. The standard InChI is InChI=1S/C16H17FO/c1-16(2,3)12-9-10-15(14(17)11-12)18-13-7-5-4-6-8-13/h4-11H,1-3H3. The van der Waals surface area contributed by atoms with E-state index in [9.17, 15) is 4.39 Å². The first kappa shape index (κ1) is 12.6. The van der Waals surface area contributed by atoms with Gasteiger partial charge < -0.3 is 4.74 Å². The monoisotopic (exact) mass is 244 g/mol. The van der Waals surface area contributed by atoms with Gasteiger partial charge in [0.05, 0.1) is 0 Å². The molecule has 2 rings (SSSR count). The number of hydrogen-bond acceptors (Lipinski definition) is 1. The second-order valence-electron chi connectivity index (χ2n) is 5.31. The van der Waals surface area contributed by atoms with Crippen LogP contribution in [0, 0.1) is 5.82 Å². The van der Waals surface area contributed by atoms with Crippen molar-refractivity contribution >= 4 is 0 Å². The maximum atomic E-state index is 13.9. The third-order valence-electron chi connectivity index (χ3n) is 2.77. The average molecular weight is 244 g/mol. The minimum Gasteiger partial charge on any atom is -0.454 e. The zero-order valence-corrected chi connectivity index (χ0v) is 10.9. The van der Waals surface area contributed by atoms with Crippen molar-refractivity contribution in [1.82, 2.24) is 0 Å². The minimum absolute atomic E-state index is 0.0634. The third-order valence-corrected chi connectivity index (χ3v) is 2.77. The molecule has 0 amide bonds. The van der Waals surface area contributed by atoms with E-state index in [1.54, 1.807) is 18.2 Å². The van der Waals surface area contributed by atoms with Crippen LogP contribution < -0.4 is 4.74 Å². The molecule has 0 aliphatic rings. The molecule has 2 aromatic carbocycles. The van der Waals surface area contributed by atoms with Crippen LogP contribution >= 0.6 is 0 Å². The lowest BCUT2D eigenvalue weighted by atomic mass is 9.87. The largest absolute Gasteiger partial charge is 0.454 e. The van der Waals surface area contributed by atoms with E-state index in [1.807, 2.05) is 24.3 Å². The summed E-state index contributed by atoms with van der Waals surface area (Å²) in [6, 6.07) is 14.3. The second kappa shape index (κ2) is 4.81. The smallest absolute Gasteiger partial charge is 0.166 e. The highest BCUT2D eigenvalue weighted by Crippen LogP contribution is 2.29. The first-order valence-corrected chi connectivity index (χ1v) is 6.00. The predicted molar refractivity (Wildman–Crippen MR) is 71.6 cm³/mol. The normalized spacial score (nSPS) is 11.3. The van der Waals surface area contributed by atoms with Crippen LogP contribution in [0.4, 0.5) is 4.39 Å². The van der Waals surface area contributed by atoms with Crippen molar-refractivity contribution in [2.24, 2.45) is 0 Å². The topological polar surface area (TPSA) is 9.23 Å². The Balaban J connectivity index is 2.26. The van der Waals surface area contributed by atoms with Gasteiger partial charge in [-0.2, -0.15) is 0 Å². The summed E-state index contributed by atoms with van der Waals surface area (Å²) < 4.78 is 19.4. The molecule has 0 saturated carbocycles. The van der Waals surface area contributed by atoms with Crippen molar-refractivity contribution < 1.29 is 9.13 Å². The van der Waals surface area contributed by atoms with Crippen molar-refractivity contribution in [3.05, 3.63) is 59.9 Å². The summed E-state index contributed by atoms with van der Waals surface area (Å²) in [5.41, 5.74) is 0.895. The van der Waals surface area contributed by atoms with Crippen molar-refractivity contribution in [2.45, 2.75) is 26.2 Å². The lowest BCUT2D eigenvalue weighted by Gasteiger charge is -2.19. The Bertz CT molecular complexity index is 527. The molecular formula is C16H17FO. The number of rotatable bonds is 2. The molecule has 0 unspecified atom stereocenters. The van der Waals surface area contributed by atoms with E-state index in [1.165, 1.54) is 6.07 Å². The molecule has 0 radical (unpaired) electrons. The first-order valence-electron chi connectivity index (χ1n) is 6.00. The molecule has 0 N–H and O–H groups in total. The van der Waals surface area contributed by atoms with Crippen molar-refractivity contribution in [1.29, 1.82) is 0 Å². The van der Waals surface area contributed by atoms with Crippen molar-refractivity contribution in [2.75, 3.05) is 0 Å². The number of ether oxygens (including phenoxy) is 1. The predicted octanol–water partition coefficient (Wildman–Crippen LogP) is 4.92. The summed E-state index contributed by atoms with van der Waals surface area (Å²) in [5, 5.41) is 0. The Hall–Kier alpha value is -1.83. The van der Waals surface area contributed by atoms with E-state index < -0.39 is 0 Å². The van der Waals surface area contributed by atoms with Crippen LogP contribution in [-0.4, -0.2) is 0 Å². The van der Waals surface area contributed by atoms with Crippen LogP contribution in [0.2, 0.25) is 0 Å². The zero-order chi connectivity index (χ0) is 13.2.